The third-order valence-electron chi connectivity index (χ3n) is 2.57. The topological polar surface area (TPSA) is 59.0 Å². The predicted octanol–water partition coefficient (Wildman–Crippen LogP) is 3.71. The van der Waals surface area contributed by atoms with Gasteiger partial charge in [-0.1, -0.05) is 18.2 Å². The molecule has 6 heteroatoms. The third-order valence-corrected chi connectivity index (χ3v) is 2.57. The Hall–Kier alpha value is -2.68. The molecule has 0 aliphatic carbocycles. The van der Waals surface area contributed by atoms with Crippen LogP contribution in [0.1, 0.15) is 5.56 Å². The SMILES string of the molecule is N#Cc1ccc(-c2cccc(OC(F)(F)F)c2)cc1N. The van der Waals surface area contributed by atoms with Crippen LogP contribution < -0.4 is 10.5 Å². The van der Waals surface area contributed by atoms with Gasteiger partial charge >= 0.3 is 6.36 Å². The molecule has 0 saturated heterocycles. The molecule has 0 aliphatic heterocycles. The molecule has 2 N–H and O–H groups in total. The maximum Gasteiger partial charge on any atom is 0.573 e. The first-order valence-corrected chi connectivity index (χ1v) is 5.55. The van der Waals surface area contributed by atoms with E-state index >= 15 is 0 Å². The highest BCUT2D eigenvalue weighted by Gasteiger charge is 2.31. The van der Waals surface area contributed by atoms with Crippen molar-refractivity contribution in [3.63, 3.8) is 0 Å². The van der Waals surface area contributed by atoms with E-state index in [4.69, 9.17) is 11.0 Å². The number of alkyl halides is 3. The summed E-state index contributed by atoms with van der Waals surface area (Å²) in [5.41, 5.74) is 7.38. The second-order valence-corrected chi connectivity index (χ2v) is 3.99. The van der Waals surface area contributed by atoms with Gasteiger partial charge in [0.25, 0.3) is 0 Å². The number of rotatable bonds is 2. The summed E-state index contributed by atoms with van der Waals surface area (Å²) < 4.78 is 40.3. The smallest absolute Gasteiger partial charge is 0.406 e. The molecule has 0 aliphatic rings. The highest BCUT2D eigenvalue weighted by atomic mass is 19.4. The van der Waals surface area contributed by atoms with Crippen LogP contribution in [0.4, 0.5) is 18.9 Å². The van der Waals surface area contributed by atoms with Crippen molar-refractivity contribution in [1.29, 1.82) is 5.26 Å². The Morgan fingerprint density at radius 2 is 1.75 bits per heavy atom. The van der Waals surface area contributed by atoms with Crippen molar-refractivity contribution in [2.45, 2.75) is 6.36 Å². The van der Waals surface area contributed by atoms with E-state index in [0.29, 0.717) is 16.7 Å². The van der Waals surface area contributed by atoms with E-state index in [1.165, 1.54) is 30.3 Å². The second kappa shape index (κ2) is 5.13. The first kappa shape index (κ1) is 13.7. The summed E-state index contributed by atoms with van der Waals surface area (Å²) in [5, 5.41) is 8.78. The number of nitriles is 1. The van der Waals surface area contributed by atoms with Crippen LogP contribution in [0.5, 0.6) is 5.75 Å². The molecule has 0 bridgehead atoms. The molecule has 0 fully saturated rings. The van der Waals surface area contributed by atoms with Crippen LogP contribution >= 0.6 is 0 Å². The van der Waals surface area contributed by atoms with Gasteiger partial charge in [-0.25, -0.2) is 0 Å². The van der Waals surface area contributed by atoms with Gasteiger partial charge in [0.15, 0.2) is 0 Å². The predicted molar refractivity (Wildman–Crippen MR) is 67.7 cm³/mol. The Kier molecular flexibility index (Phi) is 3.53. The Morgan fingerprint density at radius 3 is 2.35 bits per heavy atom. The molecule has 0 aromatic heterocycles. The number of nitrogen functional groups attached to an aromatic ring is 1. The standard InChI is InChI=1S/C14H9F3N2O/c15-14(16,17)20-12-3-1-2-9(6-12)10-4-5-11(8-18)13(19)7-10/h1-7H,19H2. The van der Waals surface area contributed by atoms with Crippen LogP contribution in [0.3, 0.4) is 0 Å². The minimum atomic E-state index is -4.73. The average Bonchev–Trinajstić information content (AvgIpc) is 2.37. The van der Waals surface area contributed by atoms with Gasteiger partial charge in [-0.15, -0.1) is 13.2 Å². The fourth-order valence-corrected chi connectivity index (χ4v) is 1.72. The van der Waals surface area contributed by atoms with Gasteiger partial charge in [0.05, 0.1) is 11.3 Å². The fraction of sp³-hybridized carbons (Fsp3) is 0.0714. The van der Waals surface area contributed by atoms with Gasteiger partial charge < -0.3 is 10.5 Å². The Balaban J connectivity index is 2.36. The molecule has 2 aromatic carbocycles. The molecular weight excluding hydrogens is 269 g/mol. The van der Waals surface area contributed by atoms with Gasteiger partial charge in [0.1, 0.15) is 11.8 Å². The summed E-state index contributed by atoms with van der Waals surface area (Å²) in [5.74, 6) is -0.307. The van der Waals surface area contributed by atoms with E-state index in [9.17, 15) is 13.2 Å². The van der Waals surface area contributed by atoms with Gasteiger partial charge in [-0.3, -0.25) is 0 Å². The lowest BCUT2D eigenvalue weighted by molar-refractivity contribution is -0.274. The Labute approximate surface area is 113 Å². The maximum absolute atomic E-state index is 12.2. The largest absolute Gasteiger partial charge is 0.573 e. The molecule has 0 amide bonds. The van der Waals surface area contributed by atoms with Crippen molar-refractivity contribution in [2.75, 3.05) is 5.73 Å². The third kappa shape index (κ3) is 3.20. The lowest BCUT2D eigenvalue weighted by Gasteiger charge is -2.10. The Morgan fingerprint density at radius 1 is 1.05 bits per heavy atom. The number of ether oxygens (including phenoxy) is 1. The zero-order chi connectivity index (χ0) is 14.8. The van der Waals surface area contributed by atoms with Gasteiger partial charge in [0.2, 0.25) is 0 Å². The van der Waals surface area contributed by atoms with Crippen LogP contribution in [0.25, 0.3) is 11.1 Å². The minimum absolute atomic E-state index is 0.271. The first-order chi connectivity index (χ1) is 9.39. The maximum atomic E-state index is 12.2. The van der Waals surface area contributed by atoms with Crippen LogP contribution in [0.15, 0.2) is 42.5 Å². The molecule has 0 spiro atoms. The number of anilines is 1. The monoisotopic (exact) mass is 278 g/mol. The number of halogens is 3. The van der Waals surface area contributed by atoms with Crippen molar-refractivity contribution >= 4 is 5.69 Å². The first-order valence-electron chi connectivity index (χ1n) is 5.55. The van der Waals surface area contributed by atoms with Gasteiger partial charge in [-0.2, -0.15) is 5.26 Å². The lowest BCUT2D eigenvalue weighted by Crippen LogP contribution is -2.17. The Bertz CT molecular complexity index is 675. The van der Waals surface area contributed by atoms with Crippen LogP contribution in [-0.4, -0.2) is 6.36 Å². The summed E-state index contributed by atoms with van der Waals surface area (Å²) in [6.45, 7) is 0. The highest BCUT2D eigenvalue weighted by molar-refractivity contribution is 5.71. The molecule has 20 heavy (non-hydrogen) atoms. The van der Waals surface area contributed by atoms with Crippen molar-refractivity contribution in [3.8, 4) is 22.9 Å². The highest BCUT2D eigenvalue weighted by Crippen LogP contribution is 2.29. The van der Waals surface area contributed by atoms with E-state index < -0.39 is 6.36 Å². The molecule has 0 saturated carbocycles. The molecule has 2 aromatic rings. The summed E-state index contributed by atoms with van der Waals surface area (Å²) in [6, 6.07) is 12.1. The summed E-state index contributed by atoms with van der Waals surface area (Å²) in [4.78, 5) is 0. The van der Waals surface area contributed by atoms with Crippen molar-refractivity contribution in [1.82, 2.24) is 0 Å². The molecule has 3 nitrogen and oxygen atoms in total. The molecule has 0 heterocycles. The minimum Gasteiger partial charge on any atom is -0.406 e. The zero-order valence-corrected chi connectivity index (χ0v) is 10.1. The van der Waals surface area contributed by atoms with Gasteiger partial charge in [0, 0.05) is 0 Å². The quantitative estimate of drug-likeness (QED) is 0.852. The molecule has 2 rings (SSSR count). The lowest BCUT2D eigenvalue weighted by atomic mass is 10.0. The number of benzene rings is 2. The number of nitrogens with two attached hydrogens (primary N) is 1. The van der Waals surface area contributed by atoms with Crippen molar-refractivity contribution in [2.24, 2.45) is 0 Å². The van der Waals surface area contributed by atoms with Crippen molar-refractivity contribution < 1.29 is 17.9 Å². The fourth-order valence-electron chi connectivity index (χ4n) is 1.72. The molecular formula is C14H9F3N2O. The normalized spacial score (nSPS) is 10.9. The summed E-state index contributed by atoms with van der Waals surface area (Å²) in [6.07, 6.45) is -4.73. The average molecular weight is 278 g/mol. The second-order valence-electron chi connectivity index (χ2n) is 3.99. The summed E-state index contributed by atoms with van der Waals surface area (Å²) >= 11 is 0. The van der Waals surface area contributed by atoms with Crippen molar-refractivity contribution in [3.05, 3.63) is 48.0 Å². The molecule has 0 atom stereocenters. The van der Waals surface area contributed by atoms with Crippen LogP contribution in [0.2, 0.25) is 0 Å². The molecule has 0 unspecified atom stereocenters. The van der Waals surface area contributed by atoms with E-state index in [1.54, 1.807) is 12.1 Å². The summed E-state index contributed by atoms with van der Waals surface area (Å²) in [7, 11) is 0. The van der Waals surface area contributed by atoms with Crippen LogP contribution in [-0.2, 0) is 0 Å². The number of hydrogen-bond donors (Lipinski definition) is 1. The molecule has 102 valence electrons. The van der Waals surface area contributed by atoms with Gasteiger partial charge in [-0.05, 0) is 35.4 Å². The van der Waals surface area contributed by atoms with Crippen LogP contribution in [0, 0.1) is 11.3 Å². The van der Waals surface area contributed by atoms with E-state index in [-0.39, 0.29) is 11.4 Å². The van der Waals surface area contributed by atoms with E-state index in [1.807, 2.05) is 6.07 Å². The van der Waals surface area contributed by atoms with E-state index in [0.717, 1.165) is 0 Å². The zero-order valence-electron chi connectivity index (χ0n) is 10.1. The van der Waals surface area contributed by atoms with E-state index in [2.05, 4.69) is 4.74 Å². The number of nitrogens with zero attached hydrogens (tertiary/aromatic N) is 1. The molecule has 0 radical (unpaired) electrons. The number of hydrogen-bond acceptors (Lipinski definition) is 3.